The van der Waals surface area contributed by atoms with E-state index in [1.165, 1.54) is 18.9 Å². The lowest BCUT2D eigenvalue weighted by molar-refractivity contribution is 0.136. The topological polar surface area (TPSA) is 39.1 Å². The fourth-order valence-electron chi connectivity index (χ4n) is 2.95. The van der Waals surface area contributed by atoms with Gasteiger partial charge in [-0.3, -0.25) is 4.90 Å². The van der Waals surface area contributed by atoms with E-state index in [-0.39, 0.29) is 11.4 Å². The second-order valence-corrected chi connectivity index (χ2v) is 5.71. The summed E-state index contributed by atoms with van der Waals surface area (Å²) in [4.78, 5) is 2.35. The monoisotopic (exact) mass is 289 g/mol. The highest BCUT2D eigenvalue weighted by atomic mass is 19.1. The van der Waals surface area contributed by atoms with Crippen LogP contribution in [0, 0.1) is 17.1 Å². The van der Waals surface area contributed by atoms with E-state index in [1.807, 2.05) is 6.07 Å². The van der Waals surface area contributed by atoms with Gasteiger partial charge in [0.15, 0.2) is 0 Å². The molecule has 21 heavy (non-hydrogen) atoms. The minimum absolute atomic E-state index is 0.144. The molecule has 4 heteroatoms. The molecule has 0 saturated carbocycles. The predicted octanol–water partition coefficient (Wildman–Crippen LogP) is 3.05. The minimum atomic E-state index is -0.356. The van der Waals surface area contributed by atoms with Crippen LogP contribution < -0.4 is 5.32 Å². The van der Waals surface area contributed by atoms with Crippen LogP contribution in [0.4, 0.5) is 4.39 Å². The van der Waals surface area contributed by atoms with E-state index in [2.05, 4.69) is 17.1 Å². The highest BCUT2D eigenvalue weighted by molar-refractivity contribution is 5.34. The molecule has 0 radical (unpaired) electrons. The number of piperidine rings is 1. The molecule has 1 atom stereocenters. The molecule has 1 aliphatic rings. The van der Waals surface area contributed by atoms with Gasteiger partial charge in [-0.25, -0.2) is 4.39 Å². The van der Waals surface area contributed by atoms with E-state index >= 15 is 0 Å². The largest absolute Gasteiger partial charge is 0.315 e. The third-order valence-corrected chi connectivity index (χ3v) is 4.13. The molecule has 114 valence electrons. The van der Waals surface area contributed by atoms with E-state index in [0.29, 0.717) is 18.2 Å². The molecule has 1 aromatic carbocycles. The highest BCUT2D eigenvalue weighted by Crippen LogP contribution is 2.21. The Morgan fingerprint density at radius 3 is 3.05 bits per heavy atom. The number of halogens is 1. The maximum absolute atomic E-state index is 14.2. The predicted molar refractivity (Wildman–Crippen MR) is 82.3 cm³/mol. The summed E-state index contributed by atoms with van der Waals surface area (Å²) in [7, 11) is 0. The van der Waals surface area contributed by atoms with Crippen LogP contribution in [0.2, 0.25) is 0 Å². The zero-order chi connectivity index (χ0) is 15.1. The fourth-order valence-corrected chi connectivity index (χ4v) is 2.95. The number of likely N-dealkylation sites (tertiary alicyclic amines) is 1. The van der Waals surface area contributed by atoms with Crippen molar-refractivity contribution in [1.82, 2.24) is 10.2 Å². The summed E-state index contributed by atoms with van der Waals surface area (Å²) in [6, 6.07) is 7.49. The van der Waals surface area contributed by atoms with E-state index < -0.39 is 0 Å². The van der Waals surface area contributed by atoms with Crippen molar-refractivity contribution >= 4 is 0 Å². The Labute approximate surface area is 126 Å². The molecule has 3 nitrogen and oxygen atoms in total. The SMILES string of the molecule is CCCNCC1CCCCN1Cc1cccc(C#N)c1F. The van der Waals surface area contributed by atoms with Crippen molar-refractivity contribution in [3.05, 3.63) is 35.1 Å². The summed E-state index contributed by atoms with van der Waals surface area (Å²) < 4.78 is 14.2. The van der Waals surface area contributed by atoms with Crippen molar-refractivity contribution in [2.75, 3.05) is 19.6 Å². The molecule has 2 rings (SSSR count). The summed E-state index contributed by atoms with van der Waals surface area (Å²) in [5.74, 6) is -0.356. The Balaban J connectivity index is 2.03. The first-order chi connectivity index (χ1) is 10.3. The highest BCUT2D eigenvalue weighted by Gasteiger charge is 2.23. The van der Waals surface area contributed by atoms with Crippen LogP contribution in [0.5, 0.6) is 0 Å². The summed E-state index contributed by atoms with van der Waals surface area (Å²) in [6.07, 6.45) is 4.71. The van der Waals surface area contributed by atoms with Crippen molar-refractivity contribution in [3.63, 3.8) is 0 Å². The zero-order valence-corrected chi connectivity index (χ0v) is 12.7. The van der Waals surface area contributed by atoms with E-state index in [1.54, 1.807) is 12.1 Å². The molecule has 1 fully saturated rings. The van der Waals surface area contributed by atoms with Gasteiger partial charge in [0.25, 0.3) is 0 Å². The Morgan fingerprint density at radius 1 is 1.43 bits per heavy atom. The number of hydrogen-bond acceptors (Lipinski definition) is 3. The molecule has 1 unspecified atom stereocenters. The Kier molecular flexibility index (Phi) is 6.16. The number of nitriles is 1. The molecule has 0 bridgehead atoms. The van der Waals surface area contributed by atoms with E-state index in [0.717, 1.165) is 32.5 Å². The van der Waals surface area contributed by atoms with Gasteiger partial charge < -0.3 is 5.32 Å². The van der Waals surface area contributed by atoms with Crippen molar-refractivity contribution in [2.24, 2.45) is 0 Å². The first kappa shape index (κ1) is 15.9. The van der Waals surface area contributed by atoms with Crippen LogP contribution in [-0.2, 0) is 6.54 Å². The van der Waals surface area contributed by atoms with Crippen LogP contribution in [-0.4, -0.2) is 30.6 Å². The first-order valence-corrected chi connectivity index (χ1v) is 7.88. The van der Waals surface area contributed by atoms with Crippen molar-refractivity contribution in [1.29, 1.82) is 5.26 Å². The molecule has 1 saturated heterocycles. The molecule has 0 spiro atoms. The molecule has 0 amide bonds. The molecule has 1 aromatic rings. The molecule has 0 aliphatic carbocycles. The van der Waals surface area contributed by atoms with Gasteiger partial charge in [0.05, 0.1) is 5.56 Å². The number of nitrogens with one attached hydrogen (secondary N) is 1. The normalized spacial score (nSPS) is 19.4. The van der Waals surface area contributed by atoms with Gasteiger partial charge in [0.1, 0.15) is 11.9 Å². The minimum Gasteiger partial charge on any atom is -0.315 e. The van der Waals surface area contributed by atoms with Crippen molar-refractivity contribution in [3.8, 4) is 6.07 Å². The Morgan fingerprint density at radius 2 is 2.29 bits per heavy atom. The van der Waals surface area contributed by atoms with Gasteiger partial charge >= 0.3 is 0 Å². The van der Waals surface area contributed by atoms with E-state index in [9.17, 15) is 4.39 Å². The average molecular weight is 289 g/mol. The average Bonchev–Trinajstić information content (AvgIpc) is 2.51. The summed E-state index contributed by atoms with van der Waals surface area (Å²) >= 11 is 0. The molecular weight excluding hydrogens is 265 g/mol. The second kappa shape index (κ2) is 8.11. The van der Waals surface area contributed by atoms with Gasteiger partial charge in [-0.05, 0) is 38.4 Å². The molecule has 1 heterocycles. The fraction of sp³-hybridized carbons (Fsp3) is 0.588. The molecule has 1 N–H and O–H groups in total. The standard InChI is InChI=1S/C17H24FN3/c1-2-9-20-12-16-8-3-4-10-21(16)13-15-7-5-6-14(11-19)17(15)18/h5-7,16,20H,2-4,8-10,12-13H2,1H3. The summed E-state index contributed by atoms with van der Waals surface area (Å²) in [5, 5.41) is 12.4. The number of rotatable bonds is 6. The number of hydrogen-bond donors (Lipinski definition) is 1. The van der Waals surface area contributed by atoms with Crippen molar-refractivity contribution in [2.45, 2.75) is 45.2 Å². The third kappa shape index (κ3) is 4.26. The van der Waals surface area contributed by atoms with Gasteiger partial charge in [0, 0.05) is 24.7 Å². The summed E-state index contributed by atoms with van der Waals surface area (Å²) in [5.41, 5.74) is 0.779. The number of nitrogens with zero attached hydrogens (tertiary/aromatic N) is 2. The molecular formula is C17H24FN3. The maximum Gasteiger partial charge on any atom is 0.145 e. The van der Waals surface area contributed by atoms with Gasteiger partial charge in [-0.15, -0.1) is 0 Å². The van der Waals surface area contributed by atoms with E-state index in [4.69, 9.17) is 5.26 Å². The maximum atomic E-state index is 14.2. The van der Waals surface area contributed by atoms with Gasteiger partial charge in [0.2, 0.25) is 0 Å². The van der Waals surface area contributed by atoms with Crippen LogP contribution in [0.25, 0.3) is 0 Å². The first-order valence-electron chi connectivity index (χ1n) is 7.88. The van der Waals surface area contributed by atoms with Crippen LogP contribution in [0.1, 0.15) is 43.7 Å². The van der Waals surface area contributed by atoms with Crippen molar-refractivity contribution < 1.29 is 4.39 Å². The third-order valence-electron chi connectivity index (χ3n) is 4.13. The lowest BCUT2D eigenvalue weighted by Gasteiger charge is -2.36. The van der Waals surface area contributed by atoms with Crippen LogP contribution in [0.15, 0.2) is 18.2 Å². The smallest absolute Gasteiger partial charge is 0.145 e. The number of benzene rings is 1. The van der Waals surface area contributed by atoms with Crippen LogP contribution in [0.3, 0.4) is 0 Å². The Bertz CT molecular complexity index is 495. The van der Waals surface area contributed by atoms with Crippen LogP contribution >= 0.6 is 0 Å². The van der Waals surface area contributed by atoms with Gasteiger partial charge in [-0.1, -0.05) is 25.5 Å². The quantitative estimate of drug-likeness (QED) is 0.818. The molecule has 1 aliphatic heterocycles. The lowest BCUT2D eigenvalue weighted by Crippen LogP contribution is -2.45. The lowest BCUT2D eigenvalue weighted by atomic mass is 10.0. The molecule has 0 aromatic heterocycles. The summed E-state index contributed by atoms with van der Waals surface area (Å²) in [6.45, 7) is 5.76. The van der Waals surface area contributed by atoms with Gasteiger partial charge in [-0.2, -0.15) is 5.26 Å². The second-order valence-electron chi connectivity index (χ2n) is 5.71. The zero-order valence-electron chi connectivity index (χ0n) is 12.7. The Hall–Kier alpha value is -1.44.